The standard InChI is InChI=1S/C22H29NO3/c1-13(2)18-12-17(8-9-19(18)24)26-20-14(3)10-16(11-15(20)4)23-21(25)22(5,6)7/h8-13,24H,1-7H3,(H,23,25). The zero-order valence-electron chi connectivity index (χ0n) is 16.7. The highest BCUT2D eigenvalue weighted by Gasteiger charge is 2.21. The fraction of sp³-hybridized carbons (Fsp3) is 0.409. The topological polar surface area (TPSA) is 58.6 Å². The average molecular weight is 355 g/mol. The SMILES string of the molecule is Cc1cc(NC(=O)C(C)(C)C)cc(C)c1Oc1ccc(O)c(C(C)C)c1. The second-order valence-corrected chi connectivity index (χ2v) is 8.12. The lowest BCUT2D eigenvalue weighted by Gasteiger charge is -2.19. The van der Waals surface area contributed by atoms with Gasteiger partial charge >= 0.3 is 0 Å². The van der Waals surface area contributed by atoms with E-state index in [-0.39, 0.29) is 17.6 Å². The number of anilines is 1. The smallest absolute Gasteiger partial charge is 0.229 e. The minimum atomic E-state index is -0.448. The molecule has 26 heavy (non-hydrogen) atoms. The molecule has 0 fully saturated rings. The number of rotatable bonds is 4. The molecule has 0 spiro atoms. The molecule has 0 bridgehead atoms. The number of aromatic hydroxyl groups is 1. The molecule has 2 aromatic carbocycles. The zero-order chi connectivity index (χ0) is 19.6. The predicted molar refractivity (Wildman–Crippen MR) is 106 cm³/mol. The van der Waals surface area contributed by atoms with Gasteiger partial charge in [-0.3, -0.25) is 4.79 Å². The van der Waals surface area contributed by atoms with Crippen LogP contribution in [0.5, 0.6) is 17.2 Å². The molecule has 0 unspecified atom stereocenters. The molecule has 0 saturated heterocycles. The van der Waals surface area contributed by atoms with Gasteiger partial charge in [-0.05, 0) is 61.2 Å². The fourth-order valence-electron chi connectivity index (χ4n) is 2.68. The van der Waals surface area contributed by atoms with Crippen molar-refractivity contribution in [1.82, 2.24) is 0 Å². The number of benzene rings is 2. The summed E-state index contributed by atoms with van der Waals surface area (Å²) in [6.45, 7) is 13.6. The molecule has 0 heterocycles. The van der Waals surface area contributed by atoms with Crippen LogP contribution in [0.3, 0.4) is 0 Å². The van der Waals surface area contributed by atoms with Gasteiger partial charge in [-0.1, -0.05) is 34.6 Å². The summed E-state index contributed by atoms with van der Waals surface area (Å²) in [4.78, 5) is 12.2. The lowest BCUT2D eigenvalue weighted by atomic mass is 9.95. The van der Waals surface area contributed by atoms with Crippen molar-refractivity contribution in [3.8, 4) is 17.2 Å². The number of aryl methyl sites for hydroxylation is 2. The Hall–Kier alpha value is -2.49. The maximum atomic E-state index is 12.2. The van der Waals surface area contributed by atoms with Crippen LogP contribution in [0.2, 0.25) is 0 Å². The number of amides is 1. The Balaban J connectivity index is 2.29. The second-order valence-electron chi connectivity index (χ2n) is 8.12. The predicted octanol–water partition coefficient (Wildman–Crippen LogP) is 5.91. The molecule has 1 amide bonds. The Morgan fingerprint density at radius 2 is 1.65 bits per heavy atom. The minimum absolute atomic E-state index is 0.0231. The summed E-state index contributed by atoms with van der Waals surface area (Å²) < 4.78 is 6.09. The molecule has 0 radical (unpaired) electrons. The Kier molecular flexibility index (Phi) is 5.65. The second kappa shape index (κ2) is 7.40. The van der Waals surface area contributed by atoms with E-state index in [2.05, 4.69) is 5.32 Å². The van der Waals surface area contributed by atoms with Crippen LogP contribution in [0, 0.1) is 19.3 Å². The lowest BCUT2D eigenvalue weighted by molar-refractivity contribution is -0.123. The van der Waals surface area contributed by atoms with E-state index in [1.165, 1.54) is 0 Å². The van der Waals surface area contributed by atoms with E-state index in [1.807, 2.05) is 66.7 Å². The van der Waals surface area contributed by atoms with Gasteiger partial charge in [0.1, 0.15) is 17.2 Å². The van der Waals surface area contributed by atoms with Crippen LogP contribution in [0.4, 0.5) is 5.69 Å². The monoisotopic (exact) mass is 355 g/mol. The molecule has 0 aromatic heterocycles. The number of carbonyl (C=O) groups excluding carboxylic acids is 1. The number of hydrogen-bond acceptors (Lipinski definition) is 3. The van der Waals surface area contributed by atoms with Gasteiger partial charge in [-0.2, -0.15) is 0 Å². The molecular weight excluding hydrogens is 326 g/mol. The quantitative estimate of drug-likeness (QED) is 0.717. The van der Waals surface area contributed by atoms with E-state index in [0.717, 1.165) is 28.1 Å². The van der Waals surface area contributed by atoms with Crippen molar-refractivity contribution in [2.45, 2.75) is 54.4 Å². The van der Waals surface area contributed by atoms with Crippen molar-refractivity contribution in [3.05, 3.63) is 47.0 Å². The maximum absolute atomic E-state index is 12.2. The first-order valence-electron chi connectivity index (χ1n) is 8.92. The first-order valence-corrected chi connectivity index (χ1v) is 8.92. The van der Waals surface area contributed by atoms with E-state index in [9.17, 15) is 9.90 Å². The molecular formula is C22H29NO3. The third kappa shape index (κ3) is 4.57. The fourth-order valence-corrected chi connectivity index (χ4v) is 2.68. The first kappa shape index (κ1) is 19.8. The van der Waals surface area contributed by atoms with Crippen molar-refractivity contribution in [3.63, 3.8) is 0 Å². The summed E-state index contributed by atoms with van der Waals surface area (Å²) in [5.74, 6) is 1.91. The van der Waals surface area contributed by atoms with Crippen LogP contribution < -0.4 is 10.1 Å². The molecule has 0 aliphatic heterocycles. The Bertz CT molecular complexity index is 794. The van der Waals surface area contributed by atoms with Gasteiger partial charge in [-0.15, -0.1) is 0 Å². The number of carbonyl (C=O) groups is 1. The van der Waals surface area contributed by atoms with E-state index in [0.29, 0.717) is 5.75 Å². The molecule has 2 rings (SSSR count). The number of hydrogen-bond donors (Lipinski definition) is 2. The molecule has 2 aromatic rings. The minimum Gasteiger partial charge on any atom is -0.508 e. The van der Waals surface area contributed by atoms with Gasteiger partial charge in [-0.25, -0.2) is 0 Å². The molecule has 0 saturated carbocycles. The molecule has 2 N–H and O–H groups in total. The summed E-state index contributed by atoms with van der Waals surface area (Å²) in [6.07, 6.45) is 0. The number of phenols is 1. The Morgan fingerprint density at radius 3 is 2.15 bits per heavy atom. The van der Waals surface area contributed by atoms with Crippen molar-refractivity contribution >= 4 is 11.6 Å². The van der Waals surface area contributed by atoms with Gasteiger partial charge in [0.05, 0.1) is 0 Å². The summed E-state index contributed by atoms with van der Waals surface area (Å²) in [7, 11) is 0. The van der Waals surface area contributed by atoms with Crippen molar-refractivity contribution in [2.24, 2.45) is 5.41 Å². The Labute approximate surface area is 156 Å². The maximum Gasteiger partial charge on any atom is 0.229 e. The number of ether oxygens (including phenoxy) is 1. The molecule has 4 heteroatoms. The zero-order valence-corrected chi connectivity index (χ0v) is 16.7. The highest BCUT2D eigenvalue weighted by Crippen LogP contribution is 2.35. The van der Waals surface area contributed by atoms with Crippen LogP contribution >= 0.6 is 0 Å². The molecule has 140 valence electrons. The van der Waals surface area contributed by atoms with Crippen molar-refractivity contribution in [2.75, 3.05) is 5.32 Å². The van der Waals surface area contributed by atoms with Crippen LogP contribution in [0.25, 0.3) is 0 Å². The molecule has 0 atom stereocenters. The van der Waals surface area contributed by atoms with Gasteiger partial charge in [0.15, 0.2) is 0 Å². The van der Waals surface area contributed by atoms with Gasteiger partial charge in [0.2, 0.25) is 5.91 Å². The average Bonchev–Trinajstić information content (AvgIpc) is 2.51. The van der Waals surface area contributed by atoms with Crippen LogP contribution in [0.1, 0.15) is 57.2 Å². The van der Waals surface area contributed by atoms with Crippen LogP contribution in [0.15, 0.2) is 30.3 Å². The number of phenolic OH excluding ortho intramolecular Hbond substituents is 1. The highest BCUT2D eigenvalue weighted by molar-refractivity contribution is 5.94. The molecule has 0 aliphatic rings. The summed E-state index contributed by atoms with van der Waals surface area (Å²) in [5.41, 5.74) is 3.05. The highest BCUT2D eigenvalue weighted by atomic mass is 16.5. The van der Waals surface area contributed by atoms with E-state index in [1.54, 1.807) is 12.1 Å². The van der Waals surface area contributed by atoms with Crippen LogP contribution in [-0.4, -0.2) is 11.0 Å². The largest absolute Gasteiger partial charge is 0.508 e. The van der Waals surface area contributed by atoms with Crippen molar-refractivity contribution in [1.29, 1.82) is 0 Å². The lowest BCUT2D eigenvalue weighted by Crippen LogP contribution is -2.27. The summed E-state index contributed by atoms with van der Waals surface area (Å²) in [6, 6.07) is 9.11. The van der Waals surface area contributed by atoms with Crippen molar-refractivity contribution < 1.29 is 14.6 Å². The third-order valence-electron chi connectivity index (χ3n) is 4.24. The summed E-state index contributed by atoms with van der Waals surface area (Å²) in [5, 5.41) is 12.9. The normalized spacial score (nSPS) is 11.5. The van der Waals surface area contributed by atoms with Crippen LogP contribution in [-0.2, 0) is 4.79 Å². The molecule has 0 aliphatic carbocycles. The first-order chi connectivity index (χ1) is 12.0. The van der Waals surface area contributed by atoms with E-state index < -0.39 is 5.41 Å². The molecule has 4 nitrogen and oxygen atoms in total. The van der Waals surface area contributed by atoms with Gasteiger partial charge in [0, 0.05) is 16.7 Å². The van der Waals surface area contributed by atoms with E-state index >= 15 is 0 Å². The van der Waals surface area contributed by atoms with E-state index in [4.69, 9.17) is 4.74 Å². The van der Waals surface area contributed by atoms with Gasteiger partial charge in [0.25, 0.3) is 0 Å². The van der Waals surface area contributed by atoms with Gasteiger partial charge < -0.3 is 15.2 Å². The summed E-state index contributed by atoms with van der Waals surface area (Å²) >= 11 is 0. The number of nitrogens with one attached hydrogen (secondary N) is 1. The Morgan fingerprint density at radius 1 is 1.08 bits per heavy atom. The third-order valence-corrected chi connectivity index (χ3v) is 4.24.